The molecule has 2 rings (SSSR count). The van der Waals surface area contributed by atoms with Crippen LogP contribution >= 0.6 is 0 Å². The number of hydrogen-bond donors (Lipinski definition) is 1. The Morgan fingerprint density at radius 2 is 2.05 bits per heavy atom. The zero-order chi connectivity index (χ0) is 14.6. The first-order valence-electron chi connectivity index (χ1n) is 8.02. The van der Waals surface area contributed by atoms with Crippen LogP contribution in [0.15, 0.2) is 24.3 Å². The van der Waals surface area contributed by atoms with Crippen molar-refractivity contribution in [2.75, 3.05) is 6.61 Å². The van der Waals surface area contributed by atoms with E-state index in [-0.39, 0.29) is 0 Å². The zero-order valence-corrected chi connectivity index (χ0v) is 13.4. The van der Waals surface area contributed by atoms with Gasteiger partial charge in [0, 0.05) is 17.6 Å². The van der Waals surface area contributed by atoms with Crippen LogP contribution in [-0.2, 0) is 0 Å². The van der Waals surface area contributed by atoms with E-state index in [1.807, 2.05) is 13.0 Å². The number of benzene rings is 1. The first-order valence-corrected chi connectivity index (χ1v) is 8.02. The van der Waals surface area contributed by atoms with Gasteiger partial charge >= 0.3 is 0 Å². The monoisotopic (exact) mass is 275 g/mol. The average Bonchev–Trinajstić information content (AvgIpc) is 2.42. The molecule has 0 bridgehead atoms. The molecule has 0 spiro atoms. The molecule has 0 radical (unpaired) electrons. The quantitative estimate of drug-likeness (QED) is 0.840. The Labute approximate surface area is 123 Å². The van der Waals surface area contributed by atoms with Crippen LogP contribution < -0.4 is 10.1 Å². The lowest BCUT2D eigenvalue weighted by Crippen LogP contribution is -2.45. The molecular formula is C18H29NO. The molecular weight excluding hydrogens is 246 g/mol. The van der Waals surface area contributed by atoms with E-state index in [1.165, 1.54) is 31.2 Å². The molecule has 0 aliphatic heterocycles. The summed E-state index contributed by atoms with van der Waals surface area (Å²) in [5.41, 5.74) is 1.67. The van der Waals surface area contributed by atoms with E-state index in [0.29, 0.717) is 17.5 Å². The molecule has 0 aromatic heterocycles. The molecule has 2 atom stereocenters. The minimum atomic E-state index is 0.333. The summed E-state index contributed by atoms with van der Waals surface area (Å²) in [6.07, 6.45) is 5.33. The molecule has 112 valence electrons. The van der Waals surface area contributed by atoms with Crippen molar-refractivity contribution >= 4 is 0 Å². The van der Waals surface area contributed by atoms with E-state index < -0.39 is 0 Å². The van der Waals surface area contributed by atoms with Crippen LogP contribution in [0.3, 0.4) is 0 Å². The summed E-state index contributed by atoms with van der Waals surface area (Å²) < 4.78 is 5.76. The Hall–Kier alpha value is -1.02. The van der Waals surface area contributed by atoms with E-state index in [0.717, 1.165) is 12.4 Å². The van der Waals surface area contributed by atoms with Gasteiger partial charge in [-0.2, -0.15) is 0 Å². The summed E-state index contributed by atoms with van der Waals surface area (Å²) in [4.78, 5) is 0. The number of nitrogens with one attached hydrogen (secondary N) is 1. The van der Waals surface area contributed by atoms with Gasteiger partial charge in [0.15, 0.2) is 0 Å². The molecule has 2 unspecified atom stereocenters. The average molecular weight is 275 g/mol. The molecule has 1 aliphatic carbocycles. The van der Waals surface area contributed by atoms with Crippen molar-refractivity contribution in [3.05, 3.63) is 29.8 Å². The zero-order valence-electron chi connectivity index (χ0n) is 13.4. The fourth-order valence-corrected chi connectivity index (χ4v) is 3.32. The standard InChI is InChI=1S/C18H29NO/c1-5-20-16-11-7-6-10-15(16)14(2)19-17-12-8-9-13-18(17,3)4/h6-7,10-11,14,17,19H,5,8-9,12-13H2,1-4H3. The predicted octanol–water partition coefficient (Wildman–Crippen LogP) is 4.70. The summed E-state index contributed by atoms with van der Waals surface area (Å²) in [7, 11) is 0. The second-order valence-electron chi connectivity index (χ2n) is 6.65. The van der Waals surface area contributed by atoms with Crippen molar-refractivity contribution in [2.24, 2.45) is 5.41 Å². The van der Waals surface area contributed by atoms with E-state index in [1.54, 1.807) is 0 Å². The number of para-hydroxylation sites is 1. The van der Waals surface area contributed by atoms with Gasteiger partial charge in [-0.25, -0.2) is 0 Å². The third-order valence-corrected chi connectivity index (χ3v) is 4.64. The highest BCUT2D eigenvalue weighted by atomic mass is 16.5. The van der Waals surface area contributed by atoms with Gasteiger partial charge in [0.05, 0.1) is 6.61 Å². The van der Waals surface area contributed by atoms with Gasteiger partial charge in [0.1, 0.15) is 5.75 Å². The molecule has 2 nitrogen and oxygen atoms in total. The molecule has 1 aliphatic rings. The van der Waals surface area contributed by atoms with Crippen LogP contribution in [0.2, 0.25) is 0 Å². The number of ether oxygens (including phenoxy) is 1. The normalized spacial score (nSPS) is 23.3. The van der Waals surface area contributed by atoms with Gasteiger partial charge in [0.25, 0.3) is 0 Å². The Balaban J connectivity index is 2.09. The summed E-state index contributed by atoms with van der Waals surface area (Å²) >= 11 is 0. The maximum atomic E-state index is 5.76. The van der Waals surface area contributed by atoms with Gasteiger partial charge in [-0.3, -0.25) is 0 Å². The summed E-state index contributed by atoms with van der Waals surface area (Å²) in [5.74, 6) is 1.02. The van der Waals surface area contributed by atoms with Gasteiger partial charge in [0.2, 0.25) is 0 Å². The second-order valence-corrected chi connectivity index (χ2v) is 6.65. The Morgan fingerprint density at radius 1 is 1.30 bits per heavy atom. The molecule has 1 N–H and O–H groups in total. The molecule has 2 heteroatoms. The molecule has 1 aromatic rings. The first kappa shape index (κ1) is 15.4. The van der Waals surface area contributed by atoms with Crippen molar-refractivity contribution in [2.45, 2.75) is 65.5 Å². The molecule has 0 saturated heterocycles. The van der Waals surface area contributed by atoms with Crippen molar-refractivity contribution in [3.63, 3.8) is 0 Å². The van der Waals surface area contributed by atoms with Gasteiger partial charge < -0.3 is 10.1 Å². The highest BCUT2D eigenvalue weighted by Crippen LogP contribution is 2.37. The van der Waals surface area contributed by atoms with Gasteiger partial charge in [-0.05, 0) is 38.2 Å². The third kappa shape index (κ3) is 3.54. The van der Waals surface area contributed by atoms with Crippen LogP contribution in [0.5, 0.6) is 5.75 Å². The molecule has 0 amide bonds. The van der Waals surface area contributed by atoms with Crippen LogP contribution in [0.25, 0.3) is 0 Å². The fourth-order valence-electron chi connectivity index (χ4n) is 3.32. The minimum Gasteiger partial charge on any atom is -0.494 e. The number of hydrogen-bond acceptors (Lipinski definition) is 2. The molecule has 1 saturated carbocycles. The van der Waals surface area contributed by atoms with E-state index in [9.17, 15) is 0 Å². The highest BCUT2D eigenvalue weighted by Gasteiger charge is 2.33. The summed E-state index contributed by atoms with van der Waals surface area (Å²) in [6.45, 7) is 9.80. The first-order chi connectivity index (χ1) is 9.54. The maximum Gasteiger partial charge on any atom is 0.124 e. The van der Waals surface area contributed by atoms with Crippen LogP contribution in [-0.4, -0.2) is 12.6 Å². The van der Waals surface area contributed by atoms with Crippen LogP contribution in [0.1, 0.15) is 65.0 Å². The van der Waals surface area contributed by atoms with E-state index in [2.05, 4.69) is 44.3 Å². The van der Waals surface area contributed by atoms with Crippen molar-refractivity contribution < 1.29 is 4.74 Å². The lowest BCUT2D eigenvalue weighted by atomic mass is 9.73. The summed E-state index contributed by atoms with van der Waals surface area (Å²) in [5, 5.41) is 3.84. The van der Waals surface area contributed by atoms with Gasteiger partial charge in [-0.15, -0.1) is 0 Å². The van der Waals surface area contributed by atoms with Crippen molar-refractivity contribution in [1.82, 2.24) is 5.32 Å². The lowest BCUT2D eigenvalue weighted by Gasteiger charge is -2.41. The topological polar surface area (TPSA) is 21.3 Å². The van der Waals surface area contributed by atoms with Gasteiger partial charge in [-0.1, -0.05) is 44.9 Å². The predicted molar refractivity (Wildman–Crippen MR) is 85.2 cm³/mol. The lowest BCUT2D eigenvalue weighted by molar-refractivity contribution is 0.157. The second kappa shape index (κ2) is 6.62. The third-order valence-electron chi connectivity index (χ3n) is 4.64. The molecule has 1 fully saturated rings. The molecule has 1 aromatic carbocycles. The van der Waals surface area contributed by atoms with Crippen molar-refractivity contribution in [3.8, 4) is 5.75 Å². The molecule has 0 heterocycles. The minimum absolute atomic E-state index is 0.333. The van der Waals surface area contributed by atoms with E-state index in [4.69, 9.17) is 4.74 Å². The summed E-state index contributed by atoms with van der Waals surface area (Å²) in [6, 6.07) is 9.33. The smallest absolute Gasteiger partial charge is 0.124 e. The van der Waals surface area contributed by atoms with Crippen molar-refractivity contribution in [1.29, 1.82) is 0 Å². The van der Waals surface area contributed by atoms with Crippen LogP contribution in [0, 0.1) is 5.41 Å². The Morgan fingerprint density at radius 3 is 2.75 bits per heavy atom. The van der Waals surface area contributed by atoms with E-state index >= 15 is 0 Å². The fraction of sp³-hybridized carbons (Fsp3) is 0.667. The largest absolute Gasteiger partial charge is 0.494 e. The maximum absolute atomic E-state index is 5.76. The van der Waals surface area contributed by atoms with Crippen LogP contribution in [0.4, 0.5) is 0 Å². The SMILES string of the molecule is CCOc1ccccc1C(C)NC1CCCCC1(C)C. The Kier molecular flexibility index (Phi) is 5.09. The Bertz CT molecular complexity index is 427. The molecule has 20 heavy (non-hydrogen) atoms. The highest BCUT2D eigenvalue weighted by molar-refractivity contribution is 5.35. The number of rotatable bonds is 5.